The van der Waals surface area contributed by atoms with Crippen LogP contribution in [0.2, 0.25) is 4.34 Å². The fraction of sp³-hybridized carbons (Fsp3) is 0.125. The molecule has 0 fully saturated rings. The van der Waals surface area contributed by atoms with Crippen LogP contribution < -0.4 is 16.8 Å². The van der Waals surface area contributed by atoms with Crippen LogP contribution in [0.15, 0.2) is 47.9 Å². The summed E-state index contributed by atoms with van der Waals surface area (Å²) < 4.78 is 37.3. The van der Waals surface area contributed by atoms with Crippen molar-refractivity contribution in [3.8, 4) is 16.3 Å². The number of rotatable bonds is 5. The summed E-state index contributed by atoms with van der Waals surface area (Å²) in [7, 11) is 0. The lowest BCUT2D eigenvalue weighted by Crippen LogP contribution is -2.28. The molecule has 0 aliphatic heterocycles. The molecule has 11 heteroatoms. The Labute approximate surface area is 161 Å². The van der Waals surface area contributed by atoms with Crippen molar-refractivity contribution >= 4 is 28.8 Å². The van der Waals surface area contributed by atoms with Crippen LogP contribution in [0.1, 0.15) is 10.4 Å². The van der Waals surface area contributed by atoms with E-state index in [9.17, 15) is 23.1 Å². The third-order valence-corrected chi connectivity index (χ3v) is 4.33. The highest BCUT2D eigenvalue weighted by Gasteiger charge is 2.30. The minimum atomic E-state index is -4.66. The van der Waals surface area contributed by atoms with Gasteiger partial charge in [0, 0.05) is 16.8 Å². The van der Waals surface area contributed by atoms with Gasteiger partial charge in [-0.05, 0) is 30.4 Å². The first kappa shape index (κ1) is 20.6. The average molecular weight is 419 g/mol. The van der Waals surface area contributed by atoms with Gasteiger partial charge in [-0.25, -0.2) is 4.98 Å². The van der Waals surface area contributed by atoms with Gasteiger partial charge in [-0.15, -0.1) is 11.3 Å². The second kappa shape index (κ2) is 8.31. The van der Waals surface area contributed by atoms with Crippen molar-refractivity contribution in [3.63, 3.8) is 0 Å². The van der Waals surface area contributed by atoms with Gasteiger partial charge in [0.15, 0.2) is 0 Å². The number of phenolic OH excluding ortho intramolecular Hbond substituents is 1. The number of aromatic hydroxyl groups is 1. The summed E-state index contributed by atoms with van der Waals surface area (Å²) in [5.41, 5.74) is 9.65. The molecule has 1 heterocycles. The van der Waals surface area contributed by atoms with Gasteiger partial charge in [0.05, 0.1) is 12.7 Å². The van der Waals surface area contributed by atoms with E-state index in [1.54, 1.807) is 0 Å². The molecule has 6 N–H and O–H groups in total. The van der Waals surface area contributed by atoms with Gasteiger partial charge >= 0.3 is 6.18 Å². The van der Waals surface area contributed by atoms with Gasteiger partial charge in [-0.3, -0.25) is 4.79 Å². The molecule has 0 bridgehead atoms. The molecule has 0 saturated heterocycles. The second-order valence-corrected chi connectivity index (χ2v) is 6.94. The summed E-state index contributed by atoms with van der Waals surface area (Å²) in [5.74, 6) is -0.743. The molecule has 1 amide bonds. The van der Waals surface area contributed by atoms with Gasteiger partial charge in [-0.1, -0.05) is 11.6 Å². The number of benzene rings is 1. The van der Waals surface area contributed by atoms with Gasteiger partial charge in [0.25, 0.3) is 5.91 Å². The minimum Gasteiger partial charge on any atom is -0.508 e. The van der Waals surface area contributed by atoms with E-state index in [1.807, 2.05) is 0 Å². The maximum atomic E-state index is 12.3. The van der Waals surface area contributed by atoms with Gasteiger partial charge in [0.2, 0.25) is 0 Å². The number of alkyl halides is 3. The third kappa shape index (κ3) is 5.90. The SMILES string of the molecule is N/C(=C\C=C(/N)C(F)(F)F)CNC(=O)c1cc(O)cc(-c2ncc(Cl)s2)c1. The summed E-state index contributed by atoms with van der Waals surface area (Å²) in [5, 5.41) is 12.8. The van der Waals surface area contributed by atoms with E-state index in [1.165, 1.54) is 35.7 Å². The summed E-state index contributed by atoms with van der Waals surface area (Å²) in [6, 6.07) is 4.14. The number of hydrogen-bond donors (Lipinski definition) is 4. The number of halogens is 4. The largest absolute Gasteiger partial charge is 0.508 e. The Bertz CT molecular complexity index is 909. The van der Waals surface area contributed by atoms with Crippen molar-refractivity contribution in [2.75, 3.05) is 6.54 Å². The predicted molar refractivity (Wildman–Crippen MR) is 97.2 cm³/mol. The fourth-order valence-electron chi connectivity index (χ4n) is 1.89. The van der Waals surface area contributed by atoms with E-state index in [4.69, 9.17) is 23.1 Å². The maximum absolute atomic E-state index is 12.3. The first-order chi connectivity index (χ1) is 12.6. The molecule has 27 heavy (non-hydrogen) atoms. The number of aromatic nitrogens is 1. The summed E-state index contributed by atoms with van der Waals surface area (Å²) in [6.45, 7) is -0.214. The molecule has 1 aromatic carbocycles. The summed E-state index contributed by atoms with van der Waals surface area (Å²) in [6.07, 6.45) is -1.65. The van der Waals surface area contributed by atoms with Crippen molar-refractivity contribution in [1.82, 2.24) is 10.3 Å². The highest BCUT2D eigenvalue weighted by atomic mass is 35.5. The van der Waals surface area contributed by atoms with E-state index in [-0.39, 0.29) is 23.6 Å². The molecule has 1 aromatic heterocycles. The third-order valence-electron chi connectivity index (χ3n) is 3.16. The Morgan fingerprint density at radius 1 is 1.30 bits per heavy atom. The molecule has 0 unspecified atom stereocenters. The Hall–Kier alpha value is -2.72. The molecule has 0 saturated carbocycles. The van der Waals surface area contributed by atoms with Crippen LogP contribution >= 0.6 is 22.9 Å². The number of thiazole rings is 1. The lowest BCUT2D eigenvalue weighted by atomic mass is 10.1. The zero-order chi connectivity index (χ0) is 20.2. The second-order valence-electron chi connectivity index (χ2n) is 5.28. The topological polar surface area (TPSA) is 114 Å². The summed E-state index contributed by atoms with van der Waals surface area (Å²) in [4.78, 5) is 16.3. The number of phenols is 1. The molecule has 0 radical (unpaired) electrons. The normalized spacial score (nSPS) is 12.9. The fourth-order valence-corrected chi connectivity index (χ4v) is 2.79. The minimum absolute atomic E-state index is 0.0392. The zero-order valence-electron chi connectivity index (χ0n) is 13.5. The van der Waals surface area contributed by atoms with Crippen molar-refractivity contribution in [3.05, 3.63) is 57.8 Å². The van der Waals surface area contributed by atoms with Gasteiger partial charge in [0.1, 0.15) is 20.8 Å². The molecule has 0 atom stereocenters. The Kier molecular flexibility index (Phi) is 6.34. The molecule has 0 spiro atoms. The number of carbonyl (C=O) groups excluding carboxylic acids is 1. The zero-order valence-corrected chi connectivity index (χ0v) is 15.1. The van der Waals surface area contributed by atoms with Crippen LogP contribution in [0.5, 0.6) is 5.75 Å². The number of amides is 1. The molecule has 0 aliphatic rings. The van der Waals surface area contributed by atoms with Crippen molar-refractivity contribution in [2.45, 2.75) is 6.18 Å². The average Bonchev–Trinajstić information content (AvgIpc) is 3.02. The number of nitrogens with zero attached hydrogens (tertiary/aromatic N) is 1. The van der Waals surface area contributed by atoms with E-state index in [2.05, 4.69) is 10.3 Å². The van der Waals surface area contributed by atoms with Gasteiger partial charge < -0.3 is 21.9 Å². The molecular formula is C16H14ClF3N4O2S. The lowest BCUT2D eigenvalue weighted by molar-refractivity contribution is -0.0926. The maximum Gasteiger partial charge on any atom is 0.430 e. The first-order valence-corrected chi connectivity index (χ1v) is 8.48. The van der Waals surface area contributed by atoms with E-state index in [0.29, 0.717) is 21.0 Å². The van der Waals surface area contributed by atoms with Crippen LogP contribution in [-0.2, 0) is 0 Å². The van der Waals surface area contributed by atoms with E-state index < -0.39 is 17.8 Å². The Balaban J connectivity index is 2.09. The van der Waals surface area contributed by atoms with Crippen LogP contribution in [0.4, 0.5) is 13.2 Å². The highest BCUT2D eigenvalue weighted by molar-refractivity contribution is 7.18. The number of allylic oxidation sites excluding steroid dienone is 3. The van der Waals surface area contributed by atoms with Crippen molar-refractivity contribution in [1.29, 1.82) is 0 Å². The molecule has 2 aromatic rings. The highest BCUT2D eigenvalue weighted by Crippen LogP contribution is 2.31. The number of nitrogens with two attached hydrogens (primary N) is 2. The molecular weight excluding hydrogens is 405 g/mol. The van der Waals surface area contributed by atoms with Crippen LogP contribution in [0.3, 0.4) is 0 Å². The molecule has 6 nitrogen and oxygen atoms in total. The van der Waals surface area contributed by atoms with Crippen LogP contribution in [0, 0.1) is 0 Å². The van der Waals surface area contributed by atoms with Gasteiger partial charge in [-0.2, -0.15) is 13.2 Å². The predicted octanol–water partition coefficient (Wildman–Crippen LogP) is 3.15. The molecule has 144 valence electrons. The van der Waals surface area contributed by atoms with Crippen LogP contribution in [-0.4, -0.2) is 28.7 Å². The Morgan fingerprint density at radius 2 is 2.00 bits per heavy atom. The van der Waals surface area contributed by atoms with Crippen molar-refractivity contribution < 1.29 is 23.1 Å². The number of carbonyl (C=O) groups is 1. The van der Waals surface area contributed by atoms with E-state index >= 15 is 0 Å². The number of nitrogens with one attached hydrogen (secondary N) is 1. The van der Waals surface area contributed by atoms with E-state index in [0.717, 1.165) is 6.08 Å². The quantitative estimate of drug-likeness (QED) is 0.557. The number of hydrogen-bond acceptors (Lipinski definition) is 6. The van der Waals surface area contributed by atoms with Crippen LogP contribution in [0.25, 0.3) is 10.6 Å². The smallest absolute Gasteiger partial charge is 0.430 e. The molecule has 0 aliphatic carbocycles. The lowest BCUT2D eigenvalue weighted by Gasteiger charge is -2.08. The Morgan fingerprint density at radius 3 is 2.59 bits per heavy atom. The first-order valence-electron chi connectivity index (χ1n) is 7.29. The molecule has 2 rings (SSSR count). The standard InChI is InChI=1S/C16H14ClF3N4O2S/c17-13-7-24-15(27-13)9-3-8(4-11(25)5-9)14(26)23-6-10(21)1-2-12(22)16(18,19)20/h1-5,7,25H,6,21-22H2,(H,23,26)/b10-1-,12-2-. The van der Waals surface area contributed by atoms with Crippen molar-refractivity contribution in [2.24, 2.45) is 11.5 Å². The monoisotopic (exact) mass is 418 g/mol. The summed E-state index contributed by atoms with van der Waals surface area (Å²) >= 11 is 7.00.